The number of nitrogens with one attached hydrogen (secondary N) is 3. The number of hydrogen-bond donors (Lipinski definition) is 3. The molecule has 0 saturated carbocycles. The van der Waals surface area contributed by atoms with Crippen LogP contribution in [0.1, 0.15) is 19.3 Å². The molecule has 0 amide bonds. The minimum absolute atomic E-state index is 0.104. The third-order valence-corrected chi connectivity index (χ3v) is 2.73. The van der Waals surface area contributed by atoms with Crippen molar-refractivity contribution in [1.82, 2.24) is 16.0 Å². The van der Waals surface area contributed by atoms with Crippen LogP contribution in [0.2, 0.25) is 0 Å². The van der Waals surface area contributed by atoms with E-state index in [2.05, 4.69) is 22.0 Å². The summed E-state index contributed by atoms with van der Waals surface area (Å²) < 4.78 is 0. The van der Waals surface area contributed by atoms with E-state index in [0.717, 1.165) is 19.3 Å². The van der Waals surface area contributed by atoms with Crippen LogP contribution in [0.5, 0.6) is 0 Å². The van der Waals surface area contributed by atoms with Crippen LogP contribution in [-0.4, -0.2) is 26.8 Å². The van der Waals surface area contributed by atoms with Gasteiger partial charge in [0.05, 0.1) is 5.66 Å². The van der Waals surface area contributed by atoms with E-state index in [1.807, 2.05) is 21.1 Å². The second kappa shape index (κ2) is 3.92. The number of allylic oxidation sites excluding steroid dienone is 1. The number of rotatable bonds is 3. The van der Waals surface area contributed by atoms with Crippen LogP contribution >= 0.6 is 0 Å². The maximum Gasteiger partial charge on any atom is 0.0740 e. The van der Waals surface area contributed by atoms with Gasteiger partial charge in [0.2, 0.25) is 0 Å². The van der Waals surface area contributed by atoms with Crippen LogP contribution in [0, 0.1) is 0 Å². The van der Waals surface area contributed by atoms with Crippen LogP contribution in [0.3, 0.4) is 0 Å². The lowest BCUT2D eigenvalue weighted by atomic mass is 9.92. The first kappa shape index (κ1) is 9.55. The van der Waals surface area contributed by atoms with Crippen molar-refractivity contribution in [2.24, 2.45) is 0 Å². The van der Waals surface area contributed by atoms with Gasteiger partial charge in [-0.3, -0.25) is 0 Å². The SMILES string of the molecule is CNC1=CCCC(NC)(NC)C1. The van der Waals surface area contributed by atoms with Gasteiger partial charge < -0.3 is 16.0 Å². The standard InChI is InChI=1S/C9H19N3/c1-10-8-5-4-6-9(7-8,11-2)12-3/h5,10-12H,4,6-7H2,1-3H3. The molecule has 3 N–H and O–H groups in total. The molecular formula is C9H19N3. The van der Waals surface area contributed by atoms with Crippen molar-refractivity contribution in [2.75, 3.05) is 21.1 Å². The van der Waals surface area contributed by atoms with Crippen molar-refractivity contribution >= 4 is 0 Å². The summed E-state index contributed by atoms with van der Waals surface area (Å²) in [6, 6.07) is 0. The Hall–Kier alpha value is -0.540. The zero-order valence-electron chi connectivity index (χ0n) is 8.20. The van der Waals surface area contributed by atoms with Crippen LogP contribution in [0.25, 0.3) is 0 Å². The van der Waals surface area contributed by atoms with E-state index in [0.29, 0.717) is 0 Å². The molecule has 3 heteroatoms. The molecule has 12 heavy (non-hydrogen) atoms. The second-order valence-electron chi connectivity index (χ2n) is 3.28. The van der Waals surface area contributed by atoms with Crippen molar-refractivity contribution in [3.63, 3.8) is 0 Å². The molecule has 0 aromatic rings. The Morgan fingerprint density at radius 1 is 1.25 bits per heavy atom. The zero-order chi connectivity index (χ0) is 9.03. The molecule has 0 fully saturated rings. The van der Waals surface area contributed by atoms with Crippen molar-refractivity contribution < 1.29 is 0 Å². The minimum atomic E-state index is 0.104. The molecule has 0 aromatic heterocycles. The predicted octanol–water partition coefficient (Wildman–Crippen LogP) is 0.409. The van der Waals surface area contributed by atoms with Gasteiger partial charge in [0.25, 0.3) is 0 Å². The monoisotopic (exact) mass is 169 g/mol. The highest BCUT2D eigenvalue weighted by atomic mass is 15.2. The lowest BCUT2D eigenvalue weighted by Crippen LogP contribution is -2.55. The van der Waals surface area contributed by atoms with E-state index >= 15 is 0 Å². The summed E-state index contributed by atoms with van der Waals surface area (Å²) in [5.74, 6) is 0. The molecule has 1 aliphatic rings. The van der Waals surface area contributed by atoms with E-state index in [4.69, 9.17) is 0 Å². The Balaban J connectivity index is 2.64. The molecule has 70 valence electrons. The Morgan fingerprint density at radius 2 is 1.92 bits per heavy atom. The summed E-state index contributed by atoms with van der Waals surface area (Å²) in [5.41, 5.74) is 1.43. The van der Waals surface area contributed by atoms with Gasteiger partial charge in [-0.05, 0) is 26.9 Å². The fourth-order valence-electron chi connectivity index (χ4n) is 1.72. The Bertz CT molecular complexity index is 171. The van der Waals surface area contributed by atoms with E-state index in [1.165, 1.54) is 5.70 Å². The predicted molar refractivity (Wildman–Crippen MR) is 51.8 cm³/mol. The number of hydrogen-bond acceptors (Lipinski definition) is 3. The van der Waals surface area contributed by atoms with E-state index < -0.39 is 0 Å². The highest BCUT2D eigenvalue weighted by Gasteiger charge is 2.28. The smallest absolute Gasteiger partial charge is 0.0740 e. The Kier molecular flexibility index (Phi) is 3.12. The summed E-state index contributed by atoms with van der Waals surface area (Å²) in [4.78, 5) is 0. The highest BCUT2D eigenvalue weighted by molar-refractivity contribution is 5.10. The van der Waals surface area contributed by atoms with Gasteiger partial charge in [0.1, 0.15) is 0 Å². The second-order valence-corrected chi connectivity index (χ2v) is 3.28. The molecule has 0 unspecified atom stereocenters. The first-order valence-corrected chi connectivity index (χ1v) is 4.51. The van der Waals surface area contributed by atoms with Crippen LogP contribution in [0.15, 0.2) is 11.8 Å². The van der Waals surface area contributed by atoms with Crippen molar-refractivity contribution in [1.29, 1.82) is 0 Å². The van der Waals surface area contributed by atoms with Crippen LogP contribution in [-0.2, 0) is 0 Å². The minimum Gasteiger partial charge on any atom is -0.392 e. The summed E-state index contributed by atoms with van der Waals surface area (Å²) in [6.07, 6.45) is 5.60. The zero-order valence-corrected chi connectivity index (χ0v) is 8.20. The molecule has 3 nitrogen and oxygen atoms in total. The van der Waals surface area contributed by atoms with Gasteiger partial charge in [-0.15, -0.1) is 0 Å². The quantitative estimate of drug-likeness (QED) is 0.536. The maximum atomic E-state index is 3.34. The van der Waals surface area contributed by atoms with Crippen molar-refractivity contribution in [3.05, 3.63) is 11.8 Å². The molecule has 0 spiro atoms. The Morgan fingerprint density at radius 3 is 2.42 bits per heavy atom. The largest absolute Gasteiger partial charge is 0.392 e. The molecule has 0 atom stereocenters. The van der Waals surface area contributed by atoms with E-state index in [1.54, 1.807) is 0 Å². The molecule has 0 heterocycles. The van der Waals surface area contributed by atoms with E-state index in [-0.39, 0.29) is 5.66 Å². The van der Waals surface area contributed by atoms with Crippen LogP contribution < -0.4 is 16.0 Å². The lowest BCUT2D eigenvalue weighted by Gasteiger charge is -2.36. The van der Waals surface area contributed by atoms with Gasteiger partial charge in [0.15, 0.2) is 0 Å². The lowest BCUT2D eigenvalue weighted by molar-refractivity contribution is 0.258. The third-order valence-electron chi connectivity index (χ3n) is 2.73. The van der Waals surface area contributed by atoms with E-state index in [9.17, 15) is 0 Å². The van der Waals surface area contributed by atoms with Gasteiger partial charge in [0, 0.05) is 19.2 Å². The molecule has 0 bridgehead atoms. The molecule has 1 rings (SSSR count). The van der Waals surface area contributed by atoms with Gasteiger partial charge in [-0.25, -0.2) is 0 Å². The highest BCUT2D eigenvalue weighted by Crippen LogP contribution is 2.23. The molecular weight excluding hydrogens is 150 g/mol. The maximum absolute atomic E-state index is 3.34. The average molecular weight is 169 g/mol. The normalized spacial score (nSPS) is 21.8. The fourth-order valence-corrected chi connectivity index (χ4v) is 1.72. The third kappa shape index (κ3) is 1.79. The van der Waals surface area contributed by atoms with Crippen LogP contribution in [0.4, 0.5) is 0 Å². The summed E-state index contributed by atoms with van der Waals surface area (Å²) in [5, 5.41) is 9.89. The van der Waals surface area contributed by atoms with Gasteiger partial charge in [-0.1, -0.05) is 6.08 Å². The Labute approximate surface area is 74.6 Å². The first-order chi connectivity index (χ1) is 5.76. The average Bonchev–Trinajstić information content (AvgIpc) is 2.18. The molecule has 0 aromatic carbocycles. The molecule has 1 aliphatic carbocycles. The van der Waals surface area contributed by atoms with Crippen molar-refractivity contribution in [3.8, 4) is 0 Å². The van der Waals surface area contributed by atoms with Crippen molar-refractivity contribution in [2.45, 2.75) is 24.9 Å². The fraction of sp³-hybridized carbons (Fsp3) is 0.778. The van der Waals surface area contributed by atoms with Gasteiger partial charge in [-0.2, -0.15) is 0 Å². The van der Waals surface area contributed by atoms with Gasteiger partial charge >= 0.3 is 0 Å². The summed E-state index contributed by atoms with van der Waals surface area (Å²) >= 11 is 0. The summed E-state index contributed by atoms with van der Waals surface area (Å²) in [7, 11) is 6.00. The molecule has 0 radical (unpaired) electrons. The topological polar surface area (TPSA) is 36.1 Å². The molecule has 0 saturated heterocycles. The first-order valence-electron chi connectivity index (χ1n) is 4.51. The molecule has 0 aliphatic heterocycles. The summed E-state index contributed by atoms with van der Waals surface area (Å²) in [6.45, 7) is 0.